The predicted molar refractivity (Wildman–Crippen MR) is 118 cm³/mol. The molecule has 1 aromatic rings. The Morgan fingerprint density at radius 3 is 2.70 bits per heavy atom. The first-order valence-electron chi connectivity index (χ1n) is 10.5. The SMILES string of the molecule is C/C=C(/C)C(=O)O[C@@H]1c2c(C)coc2C[C@H]2CC[C@H](OC(=O)/C=C\SC)[C@H](C)[C@]21C. The smallest absolute Gasteiger partial charge is 0.334 e. The molecule has 3 rings (SSSR count). The summed E-state index contributed by atoms with van der Waals surface area (Å²) in [7, 11) is 0. The van der Waals surface area contributed by atoms with E-state index in [9.17, 15) is 9.59 Å². The Morgan fingerprint density at radius 1 is 1.30 bits per heavy atom. The number of thioether (sulfide) groups is 1. The lowest BCUT2D eigenvalue weighted by Gasteiger charge is -2.54. The topological polar surface area (TPSA) is 65.7 Å². The van der Waals surface area contributed by atoms with E-state index in [0.717, 1.165) is 36.1 Å². The molecule has 164 valence electrons. The third-order valence-electron chi connectivity index (χ3n) is 7.17. The van der Waals surface area contributed by atoms with Gasteiger partial charge in [0, 0.05) is 35.0 Å². The van der Waals surface area contributed by atoms with Crippen LogP contribution < -0.4 is 0 Å². The van der Waals surface area contributed by atoms with Gasteiger partial charge in [-0.25, -0.2) is 9.59 Å². The van der Waals surface area contributed by atoms with Crippen LogP contribution in [0.2, 0.25) is 0 Å². The van der Waals surface area contributed by atoms with E-state index < -0.39 is 6.10 Å². The Morgan fingerprint density at radius 2 is 2.03 bits per heavy atom. The Hall–Kier alpha value is -1.95. The molecule has 6 heteroatoms. The van der Waals surface area contributed by atoms with Gasteiger partial charge in [0.15, 0.2) is 0 Å². The maximum Gasteiger partial charge on any atom is 0.334 e. The van der Waals surface area contributed by atoms with Crippen LogP contribution in [0.15, 0.2) is 33.8 Å². The van der Waals surface area contributed by atoms with E-state index in [-0.39, 0.29) is 35.3 Å². The number of furan rings is 1. The number of rotatable bonds is 5. The maximum absolute atomic E-state index is 12.8. The molecule has 0 N–H and O–H groups in total. The van der Waals surface area contributed by atoms with Crippen molar-refractivity contribution in [2.24, 2.45) is 17.3 Å². The van der Waals surface area contributed by atoms with Crippen LogP contribution in [0.5, 0.6) is 0 Å². The summed E-state index contributed by atoms with van der Waals surface area (Å²) in [6.07, 6.45) is 8.73. The summed E-state index contributed by atoms with van der Waals surface area (Å²) in [5, 5.41) is 1.73. The van der Waals surface area contributed by atoms with Crippen LogP contribution in [0.25, 0.3) is 0 Å². The highest BCUT2D eigenvalue weighted by Gasteiger charge is 2.57. The molecule has 0 radical (unpaired) electrons. The summed E-state index contributed by atoms with van der Waals surface area (Å²) in [6, 6.07) is 0. The van der Waals surface area contributed by atoms with Crippen molar-refractivity contribution in [3.63, 3.8) is 0 Å². The lowest BCUT2D eigenvalue weighted by atomic mass is 9.53. The number of esters is 2. The zero-order chi connectivity index (χ0) is 22.1. The van der Waals surface area contributed by atoms with Gasteiger partial charge in [-0.15, -0.1) is 11.8 Å². The van der Waals surface area contributed by atoms with Gasteiger partial charge in [0.25, 0.3) is 0 Å². The lowest BCUT2D eigenvalue weighted by Crippen LogP contribution is -2.53. The van der Waals surface area contributed by atoms with Gasteiger partial charge in [-0.2, -0.15) is 0 Å². The van der Waals surface area contributed by atoms with Crippen LogP contribution in [-0.2, 0) is 25.5 Å². The summed E-state index contributed by atoms with van der Waals surface area (Å²) in [4.78, 5) is 25.0. The molecule has 0 aromatic carbocycles. The molecule has 1 aromatic heterocycles. The van der Waals surface area contributed by atoms with Gasteiger partial charge in [0.2, 0.25) is 0 Å². The molecule has 2 aliphatic rings. The number of fused-ring (bicyclic) bond motifs is 2. The monoisotopic (exact) mass is 432 g/mol. The Bertz CT molecular complexity index is 867. The molecule has 1 saturated carbocycles. The fourth-order valence-corrected chi connectivity index (χ4v) is 5.25. The summed E-state index contributed by atoms with van der Waals surface area (Å²) in [5.74, 6) is 0.583. The molecule has 0 amide bonds. The van der Waals surface area contributed by atoms with Crippen molar-refractivity contribution >= 4 is 23.7 Å². The second kappa shape index (κ2) is 9.04. The molecule has 2 aliphatic carbocycles. The number of carbonyl (C=O) groups is 2. The minimum atomic E-state index is -0.439. The second-order valence-corrected chi connectivity index (χ2v) is 9.40. The van der Waals surface area contributed by atoms with E-state index in [1.807, 2.05) is 20.1 Å². The normalized spacial score (nSPS) is 31.2. The first kappa shape index (κ1) is 22.7. The predicted octanol–water partition coefficient (Wildman–Crippen LogP) is 5.54. The van der Waals surface area contributed by atoms with Crippen molar-refractivity contribution in [1.29, 1.82) is 0 Å². The number of carbonyl (C=O) groups excluding carboxylic acids is 2. The minimum absolute atomic E-state index is 0.0223. The van der Waals surface area contributed by atoms with Gasteiger partial charge >= 0.3 is 11.9 Å². The molecule has 5 nitrogen and oxygen atoms in total. The van der Waals surface area contributed by atoms with Crippen molar-refractivity contribution in [1.82, 2.24) is 0 Å². The van der Waals surface area contributed by atoms with E-state index in [0.29, 0.717) is 5.57 Å². The molecular formula is C24H32O5S. The fraction of sp³-hybridized carbons (Fsp3) is 0.583. The van der Waals surface area contributed by atoms with Crippen LogP contribution >= 0.6 is 11.8 Å². The van der Waals surface area contributed by atoms with Crippen molar-refractivity contribution in [3.8, 4) is 0 Å². The third-order valence-corrected chi connectivity index (χ3v) is 7.58. The molecule has 0 aliphatic heterocycles. The summed E-state index contributed by atoms with van der Waals surface area (Å²) < 4.78 is 17.8. The number of hydrogen-bond donors (Lipinski definition) is 0. The molecule has 0 spiro atoms. The van der Waals surface area contributed by atoms with E-state index in [1.54, 1.807) is 24.7 Å². The highest BCUT2D eigenvalue weighted by molar-refractivity contribution is 8.01. The molecule has 1 heterocycles. The van der Waals surface area contributed by atoms with Crippen LogP contribution in [0.3, 0.4) is 0 Å². The number of ether oxygens (including phenoxy) is 2. The molecule has 30 heavy (non-hydrogen) atoms. The van der Waals surface area contributed by atoms with Crippen molar-refractivity contribution in [2.75, 3.05) is 6.26 Å². The lowest BCUT2D eigenvalue weighted by molar-refractivity contribution is -0.183. The molecule has 1 fully saturated rings. The van der Waals surface area contributed by atoms with Gasteiger partial charge in [-0.05, 0) is 56.8 Å². The molecular weight excluding hydrogens is 400 g/mol. The second-order valence-electron chi connectivity index (χ2n) is 8.66. The zero-order valence-electron chi connectivity index (χ0n) is 18.7. The Labute approximate surface area is 183 Å². The zero-order valence-corrected chi connectivity index (χ0v) is 19.5. The molecule has 0 bridgehead atoms. The Kier molecular flexibility index (Phi) is 6.85. The van der Waals surface area contributed by atoms with E-state index in [2.05, 4.69) is 13.8 Å². The van der Waals surface area contributed by atoms with E-state index in [1.165, 1.54) is 17.8 Å². The van der Waals surface area contributed by atoms with E-state index >= 15 is 0 Å². The van der Waals surface area contributed by atoms with Gasteiger partial charge < -0.3 is 13.9 Å². The van der Waals surface area contributed by atoms with Gasteiger partial charge in [0.1, 0.15) is 18.0 Å². The average molecular weight is 433 g/mol. The van der Waals surface area contributed by atoms with Gasteiger partial charge in [-0.1, -0.05) is 19.9 Å². The quantitative estimate of drug-likeness (QED) is 0.450. The standard InChI is InChI=1S/C24H32O5S/c1-7-14(2)23(26)29-22-21-15(3)13-27-19(21)12-17-8-9-18(16(4)24(17,22)5)28-20(25)10-11-30-6/h7,10-11,13,16-18,22H,8-9,12H2,1-6H3/b11-10-,14-7-/t16-,17+,18-,22+,24+/m0/s1. The van der Waals surface area contributed by atoms with Crippen molar-refractivity contribution < 1.29 is 23.5 Å². The highest BCUT2D eigenvalue weighted by Crippen LogP contribution is 2.60. The molecule has 0 unspecified atom stereocenters. The van der Waals surface area contributed by atoms with Crippen LogP contribution in [0.4, 0.5) is 0 Å². The van der Waals surface area contributed by atoms with Crippen LogP contribution in [0, 0.1) is 24.2 Å². The van der Waals surface area contributed by atoms with Crippen molar-refractivity contribution in [3.05, 3.63) is 46.3 Å². The number of hydrogen-bond acceptors (Lipinski definition) is 6. The van der Waals surface area contributed by atoms with Crippen LogP contribution in [0.1, 0.15) is 63.5 Å². The number of aryl methyl sites for hydroxylation is 1. The summed E-state index contributed by atoms with van der Waals surface area (Å²) >= 11 is 1.46. The molecule has 5 atom stereocenters. The number of allylic oxidation sites excluding steroid dienone is 1. The van der Waals surface area contributed by atoms with Gasteiger partial charge in [0.05, 0.1) is 6.26 Å². The largest absolute Gasteiger partial charge is 0.469 e. The first-order valence-corrected chi connectivity index (χ1v) is 11.8. The van der Waals surface area contributed by atoms with Crippen LogP contribution in [-0.4, -0.2) is 24.3 Å². The maximum atomic E-state index is 12.8. The van der Waals surface area contributed by atoms with Gasteiger partial charge in [-0.3, -0.25) is 0 Å². The summed E-state index contributed by atoms with van der Waals surface area (Å²) in [5.41, 5.74) is 2.19. The Balaban J connectivity index is 1.97. The first-order chi connectivity index (χ1) is 14.2. The average Bonchev–Trinajstić information content (AvgIpc) is 3.09. The van der Waals surface area contributed by atoms with Crippen molar-refractivity contribution in [2.45, 2.75) is 66.1 Å². The minimum Gasteiger partial charge on any atom is -0.469 e. The van der Waals surface area contributed by atoms with E-state index in [4.69, 9.17) is 13.9 Å². The highest BCUT2D eigenvalue weighted by atomic mass is 32.2. The fourth-order valence-electron chi connectivity index (χ4n) is 5.00. The molecule has 0 saturated heterocycles. The summed E-state index contributed by atoms with van der Waals surface area (Å²) in [6.45, 7) is 9.89. The third kappa shape index (κ3) is 3.98.